The normalized spacial score (nSPS) is 13.4. The molecule has 3 aromatic heterocycles. The van der Waals surface area contributed by atoms with Crippen LogP contribution in [-0.4, -0.2) is 12.6 Å². The zero-order valence-corrected chi connectivity index (χ0v) is 25.3. The fraction of sp³-hybridized carbons (Fsp3) is 0. The predicted molar refractivity (Wildman–Crippen MR) is 185 cm³/mol. The first-order valence-corrected chi connectivity index (χ1v) is 18.0. The van der Waals surface area contributed by atoms with E-state index in [2.05, 4.69) is 156 Å². The molecule has 42 heavy (non-hydrogen) atoms. The summed E-state index contributed by atoms with van der Waals surface area (Å²) in [7, 11) is -2.45. The van der Waals surface area contributed by atoms with Crippen molar-refractivity contribution >= 4 is 71.9 Å². The average Bonchev–Trinajstić information content (AvgIpc) is 3.82. The molecule has 1 aliphatic heterocycles. The minimum atomic E-state index is -2.45. The van der Waals surface area contributed by atoms with Crippen LogP contribution in [0.5, 0.6) is 0 Å². The van der Waals surface area contributed by atoms with Gasteiger partial charge in [-0.2, -0.15) is 20.7 Å². The Bertz CT molecular complexity index is 2200. The monoisotopic (exact) mass is 587 g/mol. The molecular formula is C38H25NS2Si-. The number of thiophene rings is 2. The van der Waals surface area contributed by atoms with Crippen LogP contribution in [0.4, 0.5) is 0 Å². The number of hydrogen-bond donors (Lipinski definition) is 0. The molecule has 0 aliphatic carbocycles. The van der Waals surface area contributed by atoms with Crippen molar-refractivity contribution in [1.29, 1.82) is 0 Å². The molecule has 1 nitrogen and oxygen atoms in total. The SMILES string of the molecule is c1ccc(-n2c3ccsc3c3sc(-c4ccc5c(c4)-c4ccccc4[Si-]5(c4ccccc4)c4ccccc4)cc32)cc1. The summed E-state index contributed by atoms with van der Waals surface area (Å²) < 4.78 is 5.17. The summed E-state index contributed by atoms with van der Waals surface area (Å²) >= 11 is 3.76. The highest BCUT2D eigenvalue weighted by Crippen LogP contribution is 2.44. The van der Waals surface area contributed by atoms with E-state index >= 15 is 0 Å². The van der Waals surface area contributed by atoms with Crippen LogP contribution in [0.3, 0.4) is 0 Å². The lowest BCUT2D eigenvalue weighted by Gasteiger charge is -2.44. The van der Waals surface area contributed by atoms with Crippen LogP contribution in [0.2, 0.25) is 0 Å². The zero-order chi connectivity index (χ0) is 27.7. The van der Waals surface area contributed by atoms with Crippen LogP contribution in [-0.2, 0) is 0 Å². The molecule has 1 aliphatic rings. The second kappa shape index (κ2) is 9.26. The molecule has 0 radical (unpaired) electrons. The summed E-state index contributed by atoms with van der Waals surface area (Å²) in [5.74, 6) is 0. The first-order valence-electron chi connectivity index (χ1n) is 14.3. The topological polar surface area (TPSA) is 4.93 Å². The molecule has 8 aromatic rings. The van der Waals surface area contributed by atoms with Crippen LogP contribution in [0.25, 0.3) is 47.7 Å². The van der Waals surface area contributed by atoms with E-state index in [0.29, 0.717) is 0 Å². The van der Waals surface area contributed by atoms with Crippen LogP contribution < -0.4 is 20.7 Å². The maximum absolute atomic E-state index is 2.47. The van der Waals surface area contributed by atoms with Gasteiger partial charge in [0.25, 0.3) is 0 Å². The van der Waals surface area contributed by atoms with E-state index in [1.54, 1.807) is 0 Å². The van der Waals surface area contributed by atoms with E-state index in [4.69, 9.17) is 0 Å². The summed E-state index contributed by atoms with van der Waals surface area (Å²) in [6.45, 7) is 0. The molecule has 0 saturated heterocycles. The summed E-state index contributed by atoms with van der Waals surface area (Å²) in [4.78, 5) is 1.32. The first kappa shape index (κ1) is 24.1. The van der Waals surface area contributed by atoms with Gasteiger partial charge in [-0.05, 0) is 49.3 Å². The third-order valence-electron chi connectivity index (χ3n) is 8.80. The highest BCUT2D eigenvalue weighted by molar-refractivity contribution is 7.28. The molecule has 4 heterocycles. The second-order valence-electron chi connectivity index (χ2n) is 10.9. The summed E-state index contributed by atoms with van der Waals surface area (Å²) in [5, 5.41) is 8.07. The van der Waals surface area contributed by atoms with Gasteiger partial charge in [0, 0.05) is 10.6 Å². The molecule has 0 spiro atoms. The van der Waals surface area contributed by atoms with E-state index in [1.807, 2.05) is 22.7 Å². The molecule has 0 N–H and O–H groups in total. The van der Waals surface area contributed by atoms with Crippen molar-refractivity contribution in [2.75, 3.05) is 0 Å². The lowest BCUT2D eigenvalue weighted by molar-refractivity contribution is 1.19. The van der Waals surface area contributed by atoms with Gasteiger partial charge in [-0.25, -0.2) is 0 Å². The van der Waals surface area contributed by atoms with Gasteiger partial charge >= 0.3 is 0 Å². The largest absolute Gasteiger partial charge is 0.307 e. The number of nitrogens with zero attached hydrogens (tertiary/aromatic N) is 1. The fourth-order valence-corrected chi connectivity index (χ4v) is 14.4. The van der Waals surface area contributed by atoms with Gasteiger partial charge in [-0.3, -0.25) is 0 Å². The highest BCUT2D eigenvalue weighted by Gasteiger charge is 2.36. The van der Waals surface area contributed by atoms with E-state index in [-0.39, 0.29) is 0 Å². The van der Waals surface area contributed by atoms with Gasteiger partial charge in [0.2, 0.25) is 0 Å². The predicted octanol–water partition coefficient (Wildman–Crippen LogP) is 7.93. The zero-order valence-electron chi connectivity index (χ0n) is 22.7. The Hall–Kier alpha value is -4.48. The van der Waals surface area contributed by atoms with Crippen molar-refractivity contribution in [3.63, 3.8) is 0 Å². The fourth-order valence-electron chi connectivity index (χ4n) is 7.09. The van der Waals surface area contributed by atoms with E-state index in [9.17, 15) is 0 Å². The quantitative estimate of drug-likeness (QED) is 0.184. The Morgan fingerprint density at radius 3 is 1.88 bits per heavy atom. The van der Waals surface area contributed by atoms with Crippen molar-refractivity contribution in [1.82, 2.24) is 4.57 Å². The van der Waals surface area contributed by atoms with Gasteiger partial charge in [0.05, 0.1) is 20.4 Å². The summed E-state index contributed by atoms with van der Waals surface area (Å²) in [6, 6.07) is 54.3. The van der Waals surface area contributed by atoms with Gasteiger partial charge in [-0.15, -0.1) is 22.7 Å². The molecule has 0 bridgehead atoms. The smallest absolute Gasteiger partial charge is 0.0711 e. The number of rotatable bonds is 4. The summed E-state index contributed by atoms with van der Waals surface area (Å²) in [6.07, 6.45) is 0. The molecule has 0 amide bonds. The van der Waals surface area contributed by atoms with Crippen molar-refractivity contribution in [2.24, 2.45) is 0 Å². The van der Waals surface area contributed by atoms with E-state index in [0.717, 1.165) is 0 Å². The van der Waals surface area contributed by atoms with Gasteiger partial charge in [0.15, 0.2) is 0 Å². The van der Waals surface area contributed by atoms with Gasteiger partial charge in [-0.1, -0.05) is 126 Å². The second-order valence-corrected chi connectivity index (χ2v) is 16.6. The Morgan fingerprint density at radius 1 is 0.500 bits per heavy atom. The maximum atomic E-state index is 2.47. The molecule has 0 atom stereocenters. The summed E-state index contributed by atoms with van der Waals surface area (Å²) in [5.41, 5.74) is 7.85. The van der Waals surface area contributed by atoms with Gasteiger partial charge < -0.3 is 4.57 Å². The van der Waals surface area contributed by atoms with E-state index in [1.165, 1.54) is 68.4 Å². The van der Waals surface area contributed by atoms with Crippen molar-refractivity contribution in [2.45, 2.75) is 0 Å². The lowest BCUT2D eigenvalue weighted by atomic mass is 10.0. The third kappa shape index (κ3) is 3.28. The maximum Gasteiger partial charge on any atom is 0.0711 e. The van der Waals surface area contributed by atoms with Crippen molar-refractivity contribution < 1.29 is 0 Å². The molecule has 0 saturated carbocycles. The molecule has 0 fully saturated rings. The van der Waals surface area contributed by atoms with Crippen molar-refractivity contribution in [3.8, 4) is 27.3 Å². The lowest BCUT2D eigenvalue weighted by Crippen LogP contribution is -2.72. The Kier molecular flexibility index (Phi) is 5.33. The minimum absolute atomic E-state index is 1.21. The van der Waals surface area contributed by atoms with Crippen LogP contribution in [0.15, 0.2) is 151 Å². The van der Waals surface area contributed by atoms with Crippen molar-refractivity contribution in [3.05, 3.63) is 151 Å². The number of aromatic nitrogens is 1. The first-order chi connectivity index (χ1) is 20.8. The average molecular weight is 588 g/mol. The van der Waals surface area contributed by atoms with Crippen LogP contribution >= 0.6 is 22.7 Å². The molecule has 199 valence electrons. The Balaban J connectivity index is 1.29. The number of hydrogen-bond acceptors (Lipinski definition) is 2. The number of fused-ring (bicyclic) bond motifs is 6. The molecule has 4 heteroatoms. The van der Waals surface area contributed by atoms with Gasteiger partial charge in [0.1, 0.15) is 0 Å². The number of para-hydroxylation sites is 1. The molecular weight excluding hydrogens is 563 g/mol. The Labute approximate surface area is 253 Å². The van der Waals surface area contributed by atoms with Crippen LogP contribution in [0.1, 0.15) is 0 Å². The standard InChI is InChI=1S/C38H25NS2Si/c1-4-12-27(13-5-1)39-32-22-23-40-37(32)38-33(39)25-34(41-38)26-20-21-36-31(24-26)30-18-10-11-19-35(30)42(36,28-14-6-2-7-15-28)29-16-8-3-9-17-29/h1-25H/q-1. The minimum Gasteiger partial charge on any atom is -0.307 e. The van der Waals surface area contributed by atoms with E-state index < -0.39 is 8.07 Å². The van der Waals surface area contributed by atoms with Crippen LogP contribution in [0, 0.1) is 0 Å². The molecule has 9 rings (SSSR count). The highest BCUT2D eigenvalue weighted by atomic mass is 32.1. The molecule has 5 aromatic carbocycles. The molecule has 0 unspecified atom stereocenters. The third-order valence-corrected chi connectivity index (χ3v) is 15.9. The number of benzene rings is 5. The Morgan fingerprint density at radius 2 is 1.14 bits per heavy atom.